The van der Waals surface area contributed by atoms with Gasteiger partial charge in [-0.2, -0.15) is 17.4 Å². The Balaban J connectivity index is 1.84. The number of hydrogen-bond acceptors (Lipinski definition) is 4. The molecular formula is C14H29N3O3S. The predicted octanol–water partition coefficient (Wildman–Crippen LogP) is 0.567. The van der Waals surface area contributed by atoms with Crippen LogP contribution in [0.1, 0.15) is 32.6 Å². The molecule has 2 fully saturated rings. The first-order valence-corrected chi connectivity index (χ1v) is 9.46. The maximum atomic E-state index is 12.5. The van der Waals surface area contributed by atoms with Crippen LogP contribution in [0.3, 0.4) is 0 Å². The average molecular weight is 319 g/mol. The quantitative estimate of drug-likeness (QED) is 0.751. The van der Waals surface area contributed by atoms with Crippen molar-refractivity contribution in [2.75, 3.05) is 39.9 Å². The zero-order valence-electron chi connectivity index (χ0n) is 13.2. The molecule has 124 valence electrons. The van der Waals surface area contributed by atoms with Gasteiger partial charge in [0, 0.05) is 32.3 Å². The first-order chi connectivity index (χ1) is 10.0. The molecule has 0 aromatic heterocycles. The van der Waals surface area contributed by atoms with Crippen molar-refractivity contribution >= 4 is 10.2 Å². The Bertz CT molecular complexity index is 402. The molecule has 0 aliphatic carbocycles. The number of rotatable bonds is 6. The predicted molar refractivity (Wildman–Crippen MR) is 83.3 cm³/mol. The summed E-state index contributed by atoms with van der Waals surface area (Å²) in [6.07, 6.45) is 3.75. The molecule has 0 saturated carbocycles. The smallest absolute Gasteiger partial charge is 0.279 e. The summed E-state index contributed by atoms with van der Waals surface area (Å²) in [7, 11) is -1.40. The van der Waals surface area contributed by atoms with Gasteiger partial charge in [0.2, 0.25) is 0 Å². The summed E-state index contributed by atoms with van der Waals surface area (Å²) >= 11 is 0. The fraction of sp³-hybridized carbons (Fsp3) is 1.00. The van der Waals surface area contributed by atoms with Crippen molar-refractivity contribution in [1.29, 1.82) is 0 Å². The number of ether oxygens (including phenoxy) is 1. The van der Waals surface area contributed by atoms with Crippen molar-refractivity contribution in [1.82, 2.24) is 14.3 Å². The fourth-order valence-corrected chi connectivity index (χ4v) is 4.77. The second-order valence-electron chi connectivity index (χ2n) is 6.26. The molecule has 0 aromatic rings. The third-order valence-corrected chi connectivity index (χ3v) is 6.43. The molecule has 0 amide bonds. The van der Waals surface area contributed by atoms with Gasteiger partial charge in [0.1, 0.15) is 0 Å². The van der Waals surface area contributed by atoms with Crippen LogP contribution in [-0.2, 0) is 14.9 Å². The largest absolute Gasteiger partial charge is 0.381 e. The Morgan fingerprint density at radius 2 is 1.81 bits per heavy atom. The Morgan fingerprint density at radius 3 is 2.38 bits per heavy atom. The van der Waals surface area contributed by atoms with Crippen LogP contribution in [0.4, 0.5) is 0 Å². The van der Waals surface area contributed by atoms with Gasteiger partial charge >= 0.3 is 0 Å². The minimum Gasteiger partial charge on any atom is -0.381 e. The van der Waals surface area contributed by atoms with Crippen molar-refractivity contribution in [2.45, 2.75) is 38.6 Å². The highest BCUT2D eigenvalue weighted by atomic mass is 32.2. The van der Waals surface area contributed by atoms with E-state index in [9.17, 15) is 8.42 Å². The highest BCUT2D eigenvalue weighted by molar-refractivity contribution is 7.87. The SMILES string of the molecule is CNCC1CCN(S(=O)(=O)NC(C)C2CCOCC2)CC1. The Hall–Kier alpha value is -0.210. The third-order valence-electron chi connectivity index (χ3n) is 4.71. The number of piperidine rings is 1. The number of hydrogen-bond donors (Lipinski definition) is 2. The summed E-state index contributed by atoms with van der Waals surface area (Å²) in [6.45, 7) is 5.68. The van der Waals surface area contributed by atoms with Gasteiger partial charge in [-0.3, -0.25) is 0 Å². The minimum atomic E-state index is -3.35. The van der Waals surface area contributed by atoms with Crippen LogP contribution in [0.15, 0.2) is 0 Å². The first-order valence-electron chi connectivity index (χ1n) is 8.02. The van der Waals surface area contributed by atoms with Gasteiger partial charge < -0.3 is 10.1 Å². The van der Waals surface area contributed by atoms with Gasteiger partial charge in [-0.15, -0.1) is 0 Å². The molecule has 6 nitrogen and oxygen atoms in total. The van der Waals surface area contributed by atoms with E-state index in [2.05, 4.69) is 10.0 Å². The van der Waals surface area contributed by atoms with Crippen molar-refractivity contribution in [3.8, 4) is 0 Å². The van der Waals surface area contributed by atoms with Gasteiger partial charge in [0.05, 0.1) is 0 Å². The summed E-state index contributed by atoms with van der Waals surface area (Å²) in [4.78, 5) is 0. The molecule has 2 rings (SSSR count). The van der Waals surface area contributed by atoms with E-state index in [4.69, 9.17) is 4.74 Å². The Kier molecular flexibility index (Phi) is 6.43. The highest BCUT2D eigenvalue weighted by Crippen LogP contribution is 2.22. The standard InChI is InChI=1S/C14H29N3O3S/c1-12(14-5-9-20-10-6-14)16-21(18,19)17-7-3-13(4-8-17)11-15-2/h12-16H,3-11H2,1-2H3. The average Bonchev–Trinajstić information content (AvgIpc) is 2.48. The van der Waals surface area contributed by atoms with E-state index in [1.165, 1.54) is 0 Å². The highest BCUT2D eigenvalue weighted by Gasteiger charge is 2.31. The van der Waals surface area contributed by atoms with Crippen LogP contribution in [0, 0.1) is 11.8 Å². The van der Waals surface area contributed by atoms with Crippen LogP contribution >= 0.6 is 0 Å². The lowest BCUT2D eigenvalue weighted by Gasteiger charge is -2.34. The van der Waals surface area contributed by atoms with Gasteiger partial charge in [0.25, 0.3) is 10.2 Å². The van der Waals surface area contributed by atoms with Gasteiger partial charge in [0.15, 0.2) is 0 Å². The summed E-state index contributed by atoms with van der Waals surface area (Å²) < 4.78 is 34.8. The molecule has 2 aliphatic heterocycles. The van der Waals surface area contributed by atoms with Crippen molar-refractivity contribution in [3.63, 3.8) is 0 Å². The van der Waals surface area contributed by atoms with Crippen molar-refractivity contribution in [2.24, 2.45) is 11.8 Å². The summed E-state index contributed by atoms with van der Waals surface area (Å²) in [5, 5.41) is 3.17. The van der Waals surface area contributed by atoms with Crippen LogP contribution in [-0.4, -0.2) is 58.7 Å². The van der Waals surface area contributed by atoms with E-state index in [0.717, 1.165) is 45.4 Å². The Labute approximate surface area is 128 Å². The molecule has 1 atom stereocenters. The van der Waals surface area contributed by atoms with Crippen LogP contribution in [0.2, 0.25) is 0 Å². The number of nitrogens with one attached hydrogen (secondary N) is 2. The Morgan fingerprint density at radius 1 is 1.19 bits per heavy atom. The molecule has 21 heavy (non-hydrogen) atoms. The summed E-state index contributed by atoms with van der Waals surface area (Å²) in [6, 6.07) is -0.0195. The van der Waals surface area contributed by atoms with E-state index >= 15 is 0 Å². The number of nitrogens with zero attached hydrogens (tertiary/aromatic N) is 1. The maximum Gasteiger partial charge on any atom is 0.279 e. The van der Waals surface area contributed by atoms with Crippen molar-refractivity contribution < 1.29 is 13.2 Å². The molecule has 2 saturated heterocycles. The molecule has 1 unspecified atom stereocenters. The second kappa shape index (κ2) is 7.87. The third kappa shape index (κ3) is 4.89. The fourth-order valence-electron chi connectivity index (χ4n) is 3.26. The zero-order chi connectivity index (χ0) is 15.3. The van der Waals surface area contributed by atoms with Crippen LogP contribution in [0.5, 0.6) is 0 Å². The van der Waals surface area contributed by atoms with E-state index < -0.39 is 10.2 Å². The van der Waals surface area contributed by atoms with Gasteiger partial charge in [-0.05, 0) is 58.0 Å². The molecule has 0 aromatic carbocycles. The minimum absolute atomic E-state index is 0.0195. The van der Waals surface area contributed by atoms with E-state index in [-0.39, 0.29) is 6.04 Å². The molecule has 2 aliphatic rings. The van der Waals surface area contributed by atoms with E-state index in [1.807, 2.05) is 14.0 Å². The zero-order valence-corrected chi connectivity index (χ0v) is 14.0. The van der Waals surface area contributed by atoms with Gasteiger partial charge in [-0.1, -0.05) is 0 Å². The van der Waals surface area contributed by atoms with E-state index in [0.29, 0.717) is 24.9 Å². The van der Waals surface area contributed by atoms with Crippen molar-refractivity contribution in [3.05, 3.63) is 0 Å². The maximum absolute atomic E-state index is 12.5. The normalized spacial score (nSPS) is 25.0. The molecule has 0 radical (unpaired) electrons. The van der Waals surface area contributed by atoms with Crippen LogP contribution in [0.25, 0.3) is 0 Å². The summed E-state index contributed by atoms with van der Waals surface area (Å²) in [5.74, 6) is 0.977. The summed E-state index contributed by atoms with van der Waals surface area (Å²) in [5.41, 5.74) is 0. The lowest BCUT2D eigenvalue weighted by molar-refractivity contribution is 0.0583. The molecule has 7 heteroatoms. The topological polar surface area (TPSA) is 70.7 Å². The molecule has 0 spiro atoms. The van der Waals surface area contributed by atoms with Gasteiger partial charge in [-0.25, -0.2) is 0 Å². The molecule has 0 bridgehead atoms. The molecular weight excluding hydrogens is 290 g/mol. The molecule has 2 N–H and O–H groups in total. The van der Waals surface area contributed by atoms with Crippen LogP contribution < -0.4 is 10.0 Å². The van der Waals surface area contributed by atoms with E-state index in [1.54, 1.807) is 4.31 Å². The molecule has 2 heterocycles. The second-order valence-corrected chi connectivity index (χ2v) is 7.96. The first kappa shape index (κ1) is 17.1. The lowest BCUT2D eigenvalue weighted by atomic mass is 9.94. The lowest BCUT2D eigenvalue weighted by Crippen LogP contribution is -2.50. The monoisotopic (exact) mass is 319 g/mol.